The molecule has 0 unspecified atom stereocenters. The third kappa shape index (κ3) is 2.52. The number of rotatable bonds is 3. The average molecular weight is 305 g/mol. The fourth-order valence-electron chi connectivity index (χ4n) is 2.09. The summed E-state index contributed by atoms with van der Waals surface area (Å²) in [6.07, 6.45) is 1.71. The van der Waals surface area contributed by atoms with Gasteiger partial charge in [0, 0.05) is 23.3 Å². The monoisotopic (exact) mass is 305 g/mol. The summed E-state index contributed by atoms with van der Waals surface area (Å²) < 4.78 is 10.5. The van der Waals surface area contributed by atoms with Crippen LogP contribution in [0.1, 0.15) is 29.2 Å². The van der Waals surface area contributed by atoms with Gasteiger partial charge < -0.3 is 20.5 Å². The van der Waals surface area contributed by atoms with Crippen LogP contribution in [0, 0.1) is 0 Å². The molecular formula is C14H15N3O3S. The van der Waals surface area contributed by atoms with Crippen molar-refractivity contribution < 1.29 is 14.3 Å². The van der Waals surface area contributed by atoms with E-state index in [4.69, 9.17) is 15.2 Å². The lowest BCUT2D eigenvalue weighted by Crippen LogP contribution is -2.41. The minimum absolute atomic E-state index is 0.143. The maximum atomic E-state index is 12.5. The van der Waals surface area contributed by atoms with Gasteiger partial charge in [0.2, 0.25) is 6.79 Å². The average Bonchev–Trinajstić information content (AvgIpc) is 3.08. The number of nitrogens with one attached hydrogen (secondary N) is 1. The normalized spacial score (nSPS) is 13.2. The summed E-state index contributed by atoms with van der Waals surface area (Å²) in [5.74, 6) is 0.815. The molecule has 0 atom stereocenters. The van der Waals surface area contributed by atoms with Gasteiger partial charge in [0.15, 0.2) is 11.5 Å². The highest BCUT2D eigenvalue weighted by Crippen LogP contribution is 2.36. The van der Waals surface area contributed by atoms with E-state index in [1.807, 2.05) is 19.2 Å². The largest absolute Gasteiger partial charge is 0.454 e. The molecule has 21 heavy (non-hydrogen) atoms. The lowest BCUT2D eigenvalue weighted by molar-refractivity contribution is 0.0912. The Morgan fingerprint density at radius 2 is 2.10 bits per heavy atom. The molecule has 1 aliphatic rings. The molecule has 2 heterocycles. The summed E-state index contributed by atoms with van der Waals surface area (Å²) in [5, 5.41) is 5.64. The number of amides is 1. The second-order valence-corrected chi connectivity index (χ2v) is 6.10. The Kier molecular flexibility index (Phi) is 3.21. The number of nitrogen functional groups attached to an aromatic ring is 1. The predicted molar refractivity (Wildman–Crippen MR) is 79.6 cm³/mol. The van der Waals surface area contributed by atoms with Crippen molar-refractivity contribution in [2.75, 3.05) is 12.5 Å². The van der Waals surface area contributed by atoms with Gasteiger partial charge in [-0.05, 0) is 19.9 Å². The molecule has 0 radical (unpaired) electrons. The molecule has 0 saturated carbocycles. The van der Waals surface area contributed by atoms with Crippen LogP contribution >= 0.6 is 11.3 Å². The predicted octanol–water partition coefficient (Wildman–Crippen LogP) is 2.12. The van der Waals surface area contributed by atoms with Gasteiger partial charge >= 0.3 is 0 Å². The van der Waals surface area contributed by atoms with E-state index in [0.717, 1.165) is 5.01 Å². The Hall–Kier alpha value is -2.28. The fraction of sp³-hybridized carbons (Fsp3) is 0.286. The Balaban J connectivity index is 1.86. The minimum Gasteiger partial charge on any atom is -0.454 e. The first-order chi connectivity index (χ1) is 9.97. The van der Waals surface area contributed by atoms with E-state index < -0.39 is 5.54 Å². The number of nitrogens with two attached hydrogens (primary N) is 1. The highest BCUT2D eigenvalue weighted by atomic mass is 32.1. The van der Waals surface area contributed by atoms with Gasteiger partial charge in [0.1, 0.15) is 5.01 Å². The number of hydrogen-bond donors (Lipinski definition) is 2. The van der Waals surface area contributed by atoms with E-state index in [-0.39, 0.29) is 12.7 Å². The number of carbonyl (C=O) groups excluding carboxylic acids is 1. The number of hydrogen-bond acceptors (Lipinski definition) is 6. The van der Waals surface area contributed by atoms with Crippen LogP contribution in [-0.2, 0) is 5.54 Å². The van der Waals surface area contributed by atoms with E-state index in [9.17, 15) is 4.79 Å². The van der Waals surface area contributed by atoms with Crippen molar-refractivity contribution in [3.05, 3.63) is 34.3 Å². The van der Waals surface area contributed by atoms with Crippen molar-refractivity contribution >= 4 is 22.9 Å². The van der Waals surface area contributed by atoms with Crippen LogP contribution in [0.3, 0.4) is 0 Å². The molecule has 0 fully saturated rings. The molecule has 1 aliphatic heterocycles. The highest BCUT2D eigenvalue weighted by molar-refractivity contribution is 7.09. The van der Waals surface area contributed by atoms with Crippen molar-refractivity contribution in [2.45, 2.75) is 19.4 Å². The van der Waals surface area contributed by atoms with E-state index in [1.165, 1.54) is 11.3 Å². The quantitative estimate of drug-likeness (QED) is 0.848. The van der Waals surface area contributed by atoms with Crippen molar-refractivity contribution in [3.8, 4) is 11.5 Å². The molecule has 3 rings (SSSR count). The van der Waals surface area contributed by atoms with Crippen LogP contribution in [-0.4, -0.2) is 17.7 Å². The van der Waals surface area contributed by atoms with E-state index in [0.29, 0.717) is 22.7 Å². The van der Waals surface area contributed by atoms with Crippen molar-refractivity contribution in [1.82, 2.24) is 10.3 Å². The molecule has 1 aromatic carbocycles. The molecule has 0 aliphatic carbocycles. The smallest absolute Gasteiger partial charge is 0.254 e. The molecule has 1 amide bonds. The van der Waals surface area contributed by atoms with E-state index in [1.54, 1.807) is 18.3 Å². The molecule has 1 aromatic heterocycles. The number of fused-ring (bicyclic) bond motifs is 1. The zero-order valence-corrected chi connectivity index (χ0v) is 12.5. The Morgan fingerprint density at radius 1 is 1.38 bits per heavy atom. The van der Waals surface area contributed by atoms with Gasteiger partial charge in [0.25, 0.3) is 5.91 Å². The summed E-state index contributed by atoms with van der Waals surface area (Å²) in [6.45, 7) is 3.93. The van der Waals surface area contributed by atoms with Crippen molar-refractivity contribution in [3.63, 3.8) is 0 Å². The maximum absolute atomic E-state index is 12.5. The van der Waals surface area contributed by atoms with Gasteiger partial charge in [-0.1, -0.05) is 0 Å². The van der Waals surface area contributed by atoms with Gasteiger partial charge in [0.05, 0.1) is 11.1 Å². The van der Waals surface area contributed by atoms with Crippen molar-refractivity contribution in [1.29, 1.82) is 0 Å². The van der Waals surface area contributed by atoms with E-state index >= 15 is 0 Å². The van der Waals surface area contributed by atoms with Crippen molar-refractivity contribution in [2.24, 2.45) is 0 Å². The van der Waals surface area contributed by atoms with Crippen LogP contribution in [0.5, 0.6) is 11.5 Å². The molecule has 6 nitrogen and oxygen atoms in total. The number of carbonyl (C=O) groups is 1. The highest BCUT2D eigenvalue weighted by Gasteiger charge is 2.28. The summed E-state index contributed by atoms with van der Waals surface area (Å²) in [6, 6.07) is 3.21. The topological polar surface area (TPSA) is 86.5 Å². The second kappa shape index (κ2) is 4.92. The molecule has 3 N–H and O–H groups in total. The standard InChI is InChI=1S/C14H15N3O3S/c1-14(2,13-16-3-4-21-13)17-12(18)8-5-10-11(6-9(8)15)20-7-19-10/h3-6H,7,15H2,1-2H3,(H,17,18). The number of nitrogens with zero attached hydrogens (tertiary/aromatic N) is 1. The first kappa shape index (κ1) is 13.7. The van der Waals surface area contributed by atoms with E-state index in [2.05, 4.69) is 10.3 Å². The van der Waals surface area contributed by atoms with Gasteiger partial charge in [-0.25, -0.2) is 4.98 Å². The Bertz CT molecular complexity index is 683. The molecule has 110 valence electrons. The fourth-order valence-corrected chi connectivity index (χ4v) is 2.81. The Labute approximate surface area is 125 Å². The number of aromatic nitrogens is 1. The first-order valence-electron chi connectivity index (χ1n) is 6.39. The lowest BCUT2D eigenvalue weighted by atomic mass is 10.0. The lowest BCUT2D eigenvalue weighted by Gasteiger charge is -2.24. The summed E-state index contributed by atoms with van der Waals surface area (Å²) in [4.78, 5) is 16.7. The zero-order valence-electron chi connectivity index (χ0n) is 11.7. The molecule has 7 heteroatoms. The van der Waals surface area contributed by atoms with Gasteiger partial charge in [-0.2, -0.15) is 0 Å². The van der Waals surface area contributed by atoms with Crippen LogP contribution < -0.4 is 20.5 Å². The summed E-state index contributed by atoms with van der Waals surface area (Å²) in [7, 11) is 0. The number of anilines is 1. The van der Waals surface area contributed by atoms with Crippen LogP contribution in [0.25, 0.3) is 0 Å². The first-order valence-corrected chi connectivity index (χ1v) is 7.27. The molecule has 0 spiro atoms. The Morgan fingerprint density at radius 3 is 2.76 bits per heavy atom. The minimum atomic E-state index is -0.575. The SMILES string of the molecule is CC(C)(NC(=O)c1cc2c(cc1N)OCO2)c1nccs1. The summed E-state index contributed by atoms with van der Waals surface area (Å²) >= 11 is 1.49. The molecule has 2 aromatic rings. The zero-order chi connectivity index (χ0) is 15.0. The second-order valence-electron chi connectivity index (χ2n) is 5.21. The summed E-state index contributed by atoms with van der Waals surface area (Å²) in [5.41, 5.74) is 6.07. The number of thiazole rings is 1. The molecule has 0 bridgehead atoms. The van der Waals surface area contributed by atoms with Gasteiger partial charge in [-0.3, -0.25) is 4.79 Å². The van der Waals surface area contributed by atoms with Crippen LogP contribution in [0.15, 0.2) is 23.7 Å². The van der Waals surface area contributed by atoms with Crippen LogP contribution in [0.4, 0.5) is 5.69 Å². The van der Waals surface area contributed by atoms with Gasteiger partial charge in [-0.15, -0.1) is 11.3 Å². The number of ether oxygens (including phenoxy) is 2. The molecule has 0 saturated heterocycles. The third-order valence-electron chi connectivity index (χ3n) is 3.18. The number of benzene rings is 1. The third-order valence-corrected chi connectivity index (χ3v) is 4.28. The maximum Gasteiger partial charge on any atom is 0.254 e. The van der Waals surface area contributed by atoms with Crippen LogP contribution in [0.2, 0.25) is 0 Å². The molecular weight excluding hydrogens is 290 g/mol.